The fourth-order valence-electron chi connectivity index (χ4n) is 3.56. The summed E-state index contributed by atoms with van der Waals surface area (Å²) in [4.78, 5) is 25.5. The second kappa shape index (κ2) is 11.8. The van der Waals surface area contributed by atoms with Gasteiger partial charge in [-0.1, -0.05) is 64.7 Å². The average Bonchev–Trinajstić information content (AvgIpc) is 3.12. The van der Waals surface area contributed by atoms with E-state index in [1.54, 1.807) is 16.7 Å². The minimum atomic E-state index is -0.414. The van der Waals surface area contributed by atoms with Crippen LogP contribution >= 0.6 is 50.9 Å². The molecule has 35 heavy (non-hydrogen) atoms. The first-order chi connectivity index (χ1) is 16.5. The van der Waals surface area contributed by atoms with Gasteiger partial charge in [0.2, 0.25) is 5.91 Å². The molecule has 0 aliphatic carbocycles. The Balaban J connectivity index is 1.70. The topological polar surface area (TPSA) is 88.9 Å². The van der Waals surface area contributed by atoms with Crippen LogP contribution in [0.3, 0.4) is 0 Å². The van der Waals surface area contributed by atoms with Crippen LogP contribution < -0.4 is 10.6 Å². The van der Waals surface area contributed by atoms with Gasteiger partial charge in [-0.25, -0.2) is 0 Å². The van der Waals surface area contributed by atoms with Crippen LogP contribution in [0.2, 0.25) is 10.0 Å². The van der Waals surface area contributed by atoms with Crippen LogP contribution in [0.1, 0.15) is 47.2 Å². The third-order valence-corrected chi connectivity index (χ3v) is 7.40. The third kappa shape index (κ3) is 6.78. The Morgan fingerprint density at radius 3 is 2.37 bits per heavy atom. The lowest BCUT2D eigenvalue weighted by Crippen LogP contribution is -2.33. The number of hydrogen-bond acceptors (Lipinski definition) is 5. The summed E-state index contributed by atoms with van der Waals surface area (Å²) in [5, 5.41) is 15.8. The largest absolute Gasteiger partial charge is 0.342 e. The van der Waals surface area contributed by atoms with Gasteiger partial charge in [0.15, 0.2) is 11.0 Å². The molecule has 2 N–H and O–H groups in total. The Morgan fingerprint density at radius 1 is 1.11 bits per heavy atom. The molecule has 0 spiro atoms. The molecule has 1 aromatic heterocycles. The number of hydrogen-bond donors (Lipinski definition) is 2. The highest BCUT2D eigenvalue weighted by atomic mass is 79.9. The van der Waals surface area contributed by atoms with E-state index in [0.29, 0.717) is 21.6 Å². The number of carbonyl (C=O) groups excluding carboxylic acids is 2. The molecule has 11 heteroatoms. The Hall–Kier alpha value is -2.07. The van der Waals surface area contributed by atoms with E-state index in [0.717, 1.165) is 21.3 Å². The summed E-state index contributed by atoms with van der Waals surface area (Å²) in [5.41, 5.74) is 3.09. The number of anilines is 1. The molecule has 2 aromatic carbocycles. The summed E-state index contributed by atoms with van der Waals surface area (Å²) >= 11 is 16.9. The first-order valence-electron chi connectivity index (χ1n) is 10.8. The van der Waals surface area contributed by atoms with E-state index >= 15 is 0 Å². The lowest BCUT2D eigenvalue weighted by molar-refractivity contribution is -0.113. The molecule has 3 aromatic rings. The van der Waals surface area contributed by atoms with Gasteiger partial charge >= 0.3 is 0 Å². The SMILES string of the molecule is Cc1cc(Br)cc(C)c1NC(=O)CSc1nnc([C@H](NC(=O)c2ccc(Cl)cc2Cl)C(C)C)n1C. The van der Waals surface area contributed by atoms with E-state index in [1.807, 2.05) is 46.9 Å². The molecule has 0 saturated heterocycles. The third-order valence-electron chi connectivity index (χ3n) is 5.37. The number of amides is 2. The molecule has 2 amide bonds. The van der Waals surface area contributed by atoms with Crippen LogP contribution in [0.5, 0.6) is 0 Å². The first kappa shape index (κ1) is 27.5. The molecule has 0 bridgehead atoms. The smallest absolute Gasteiger partial charge is 0.253 e. The van der Waals surface area contributed by atoms with Crippen molar-refractivity contribution >= 4 is 68.4 Å². The Kier molecular flexibility index (Phi) is 9.26. The number of thioether (sulfide) groups is 1. The molecule has 1 heterocycles. The number of aryl methyl sites for hydroxylation is 2. The maximum absolute atomic E-state index is 12.9. The maximum Gasteiger partial charge on any atom is 0.253 e. The first-order valence-corrected chi connectivity index (χ1v) is 13.4. The Bertz CT molecular complexity index is 1240. The zero-order valence-electron chi connectivity index (χ0n) is 19.9. The van der Waals surface area contributed by atoms with Crippen molar-refractivity contribution in [3.8, 4) is 0 Å². The molecule has 0 fully saturated rings. The van der Waals surface area contributed by atoms with E-state index in [1.165, 1.54) is 17.8 Å². The zero-order valence-corrected chi connectivity index (χ0v) is 23.9. The summed E-state index contributed by atoms with van der Waals surface area (Å²) in [6, 6.07) is 8.24. The van der Waals surface area contributed by atoms with Gasteiger partial charge in [0.05, 0.1) is 22.4 Å². The predicted octanol–water partition coefficient (Wildman–Crippen LogP) is 6.36. The number of nitrogens with zero attached hydrogens (tertiary/aromatic N) is 3. The molecule has 7 nitrogen and oxygen atoms in total. The number of nitrogens with one attached hydrogen (secondary N) is 2. The van der Waals surface area contributed by atoms with Crippen molar-refractivity contribution in [1.29, 1.82) is 0 Å². The van der Waals surface area contributed by atoms with Gasteiger partial charge < -0.3 is 15.2 Å². The van der Waals surface area contributed by atoms with Crippen LogP contribution in [0, 0.1) is 19.8 Å². The standard InChI is InChI=1S/C24H26BrCl2N5O2S/c1-12(2)20(29-23(34)17-7-6-16(26)10-18(17)27)22-30-31-24(32(22)5)35-11-19(33)28-21-13(3)8-15(25)9-14(21)4/h6-10,12,20H,11H2,1-5H3,(H,28,33)(H,29,34)/t20-/m1/s1. The summed E-state index contributed by atoms with van der Waals surface area (Å²) in [5.74, 6) is 0.305. The van der Waals surface area contributed by atoms with E-state index < -0.39 is 6.04 Å². The van der Waals surface area contributed by atoms with Gasteiger partial charge in [-0.05, 0) is 61.2 Å². The van der Waals surface area contributed by atoms with Gasteiger partial charge in [0.25, 0.3) is 5.91 Å². The van der Waals surface area contributed by atoms with Crippen molar-refractivity contribution in [3.63, 3.8) is 0 Å². The fourth-order valence-corrected chi connectivity index (χ4v) is 5.46. The van der Waals surface area contributed by atoms with Crippen molar-refractivity contribution in [2.45, 2.75) is 38.9 Å². The summed E-state index contributed by atoms with van der Waals surface area (Å²) in [6.07, 6.45) is 0. The minimum Gasteiger partial charge on any atom is -0.342 e. The van der Waals surface area contributed by atoms with Crippen molar-refractivity contribution in [1.82, 2.24) is 20.1 Å². The van der Waals surface area contributed by atoms with Gasteiger partial charge in [-0.15, -0.1) is 10.2 Å². The number of halogens is 3. The van der Waals surface area contributed by atoms with Crippen molar-refractivity contribution in [3.05, 3.63) is 67.4 Å². The fraction of sp³-hybridized carbons (Fsp3) is 0.333. The van der Waals surface area contributed by atoms with Crippen molar-refractivity contribution in [2.24, 2.45) is 13.0 Å². The van der Waals surface area contributed by atoms with Crippen LogP contribution in [0.15, 0.2) is 40.0 Å². The average molecular weight is 599 g/mol. The normalized spacial score (nSPS) is 12.0. The number of aromatic nitrogens is 3. The maximum atomic E-state index is 12.9. The van der Waals surface area contributed by atoms with E-state index in [-0.39, 0.29) is 28.5 Å². The van der Waals surface area contributed by atoms with Crippen LogP contribution in [-0.4, -0.2) is 32.3 Å². The Morgan fingerprint density at radius 2 is 1.77 bits per heavy atom. The highest BCUT2D eigenvalue weighted by Gasteiger charge is 2.26. The predicted molar refractivity (Wildman–Crippen MR) is 145 cm³/mol. The lowest BCUT2D eigenvalue weighted by Gasteiger charge is -2.22. The van der Waals surface area contributed by atoms with E-state index in [2.05, 4.69) is 36.8 Å². The molecule has 0 radical (unpaired) electrons. The van der Waals surface area contributed by atoms with E-state index in [9.17, 15) is 9.59 Å². The zero-order chi connectivity index (χ0) is 25.9. The van der Waals surface area contributed by atoms with E-state index in [4.69, 9.17) is 23.2 Å². The van der Waals surface area contributed by atoms with Crippen LogP contribution in [-0.2, 0) is 11.8 Å². The molecular formula is C24H26BrCl2N5O2S. The van der Waals surface area contributed by atoms with Crippen molar-refractivity contribution < 1.29 is 9.59 Å². The molecule has 1 atom stereocenters. The highest BCUT2D eigenvalue weighted by Crippen LogP contribution is 2.28. The minimum absolute atomic E-state index is 0.0254. The van der Waals surface area contributed by atoms with Gasteiger partial charge in [-0.2, -0.15) is 0 Å². The van der Waals surface area contributed by atoms with Crippen molar-refractivity contribution in [2.75, 3.05) is 11.1 Å². The second-order valence-electron chi connectivity index (χ2n) is 8.47. The molecule has 0 aliphatic rings. The van der Waals surface area contributed by atoms with Gasteiger partial charge in [-0.3, -0.25) is 9.59 Å². The molecule has 0 aliphatic heterocycles. The molecular weight excluding hydrogens is 573 g/mol. The monoisotopic (exact) mass is 597 g/mol. The number of rotatable bonds is 8. The second-order valence-corrected chi connectivity index (χ2v) is 11.2. The molecule has 0 unspecified atom stereocenters. The summed E-state index contributed by atoms with van der Waals surface area (Å²) < 4.78 is 2.76. The number of carbonyl (C=O) groups is 2. The lowest BCUT2D eigenvalue weighted by atomic mass is 10.0. The van der Waals surface area contributed by atoms with Crippen LogP contribution in [0.25, 0.3) is 0 Å². The van der Waals surface area contributed by atoms with Gasteiger partial charge in [0.1, 0.15) is 0 Å². The molecule has 186 valence electrons. The molecule has 3 rings (SSSR count). The molecule has 0 saturated carbocycles. The van der Waals surface area contributed by atoms with Gasteiger partial charge in [0, 0.05) is 22.2 Å². The summed E-state index contributed by atoms with van der Waals surface area (Å²) in [6.45, 7) is 7.86. The quantitative estimate of drug-likeness (QED) is 0.295. The number of benzene rings is 2. The van der Waals surface area contributed by atoms with Crippen LogP contribution in [0.4, 0.5) is 5.69 Å². The Labute approximate surface area is 227 Å². The highest BCUT2D eigenvalue weighted by molar-refractivity contribution is 9.10. The summed E-state index contributed by atoms with van der Waals surface area (Å²) in [7, 11) is 1.81.